The van der Waals surface area contributed by atoms with Gasteiger partial charge in [-0.05, 0) is 6.42 Å². The predicted molar refractivity (Wildman–Crippen MR) is 65.4 cm³/mol. The number of hydroxylamine groups is 1. The Morgan fingerprint density at radius 3 is 3.33 bits per heavy atom. The number of hydrogen-bond donors (Lipinski definition) is 1. The van der Waals surface area contributed by atoms with Gasteiger partial charge >= 0.3 is 6.03 Å². The molecule has 2 rings (SSSR count). The molecular weight excluding hydrogens is 234 g/mol. The summed E-state index contributed by atoms with van der Waals surface area (Å²) in [7, 11) is 0. The first-order valence-corrected chi connectivity index (χ1v) is 5.67. The maximum Gasteiger partial charge on any atom is 0.341 e. The molecule has 0 unspecified atom stereocenters. The molecule has 2 amide bonds. The molecule has 2 heterocycles. The lowest BCUT2D eigenvalue weighted by Crippen LogP contribution is -2.42. The van der Waals surface area contributed by atoms with Gasteiger partial charge in [-0.15, -0.1) is 6.58 Å². The van der Waals surface area contributed by atoms with Gasteiger partial charge < -0.3 is 9.32 Å². The van der Waals surface area contributed by atoms with E-state index >= 15 is 0 Å². The molecule has 1 N–H and O–H groups in total. The number of carbonyl (C=O) groups is 1. The fourth-order valence-corrected chi connectivity index (χ4v) is 1.68. The van der Waals surface area contributed by atoms with Gasteiger partial charge in [0.1, 0.15) is 6.26 Å². The zero-order valence-electron chi connectivity index (χ0n) is 9.96. The Labute approximate surface area is 105 Å². The summed E-state index contributed by atoms with van der Waals surface area (Å²) >= 11 is 0. The van der Waals surface area contributed by atoms with Crippen LogP contribution in [0.2, 0.25) is 0 Å². The summed E-state index contributed by atoms with van der Waals surface area (Å²) in [6.45, 7) is 4.88. The van der Waals surface area contributed by atoms with Gasteiger partial charge in [-0.25, -0.2) is 15.3 Å². The number of amides is 2. The number of nitrogens with one attached hydrogen (secondary N) is 1. The van der Waals surface area contributed by atoms with Crippen molar-refractivity contribution in [3.05, 3.63) is 37.1 Å². The topological polar surface area (TPSA) is 67.6 Å². The summed E-state index contributed by atoms with van der Waals surface area (Å²) in [5.74, 6) is 0.555. The minimum Gasteiger partial charge on any atom is -0.445 e. The van der Waals surface area contributed by atoms with Crippen molar-refractivity contribution in [1.82, 2.24) is 15.4 Å². The minimum atomic E-state index is -0.269. The summed E-state index contributed by atoms with van der Waals surface area (Å²) < 4.78 is 5.22. The average molecular weight is 249 g/mol. The van der Waals surface area contributed by atoms with Gasteiger partial charge in [0.2, 0.25) is 5.89 Å². The van der Waals surface area contributed by atoms with Crippen molar-refractivity contribution < 1.29 is 14.0 Å². The second-order valence-electron chi connectivity index (χ2n) is 3.78. The van der Waals surface area contributed by atoms with Crippen molar-refractivity contribution in [3.63, 3.8) is 0 Å². The van der Waals surface area contributed by atoms with Gasteiger partial charge in [0, 0.05) is 12.1 Å². The highest BCUT2D eigenvalue weighted by atomic mass is 16.7. The molecule has 0 atom stereocenters. The van der Waals surface area contributed by atoms with Crippen LogP contribution in [0, 0.1) is 0 Å². The third-order valence-corrected chi connectivity index (χ3v) is 2.51. The molecule has 0 radical (unpaired) electrons. The van der Waals surface area contributed by atoms with Crippen molar-refractivity contribution in [1.29, 1.82) is 0 Å². The summed E-state index contributed by atoms with van der Waals surface area (Å²) in [5, 5.41) is 0. The molecule has 0 saturated heterocycles. The van der Waals surface area contributed by atoms with Crippen molar-refractivity contribution in [2.24, 2.45) is 0 Å². The van der Waals surface area contributed by atoms with Gasteiger partial charge in [-0.3, -0.25) is 4.84 Å². The Morgan fingerprint density at radius 2 is 2.61 bits per heavy atom. The molecule has 18 heavy (non-hydrogen) atoms. The van der Waals surface area contributed by atoms with E-state index in [1.54, 1.807) is 17.2 Å². The third kappa shape index (κ3) is 2.98. The van der Waals surface area contributed by atoms with Crippen molar-refractivity contribution in [2.45, 2.75) is 6.42 Å². The molecule has 1 aromatic heterocycles. The SMILES string of the molecule is C=CCONC(=O)N1CCC=C(c2ncco2)C1. The summed E-state index contributed by atoms with van der Waals surface area (Å²) in [6.07, 6.45) is 7.46. The Bertz CT molecular complexity index is 439. The zero-order chi connectivity index (χ0) is 12.8. The fraction of sp³-hybridized carbons (Fsp3) is 0.333. The standard InChI is InChI=1S/C12H15N3O3/c1-2-7-18-14-12(16)15-6-3-4-10(9-15)11-13-5-8-17-11/h2,4-5,8H,1,3,6-7,9H2,(H,14,16). The monoisotopic (exact) mass is 249 g/mol. The van der Waals surface area contributed by atoms with E-state index in [9.17, 15) is 4.79 Å². The summed E-state index contributed by atoms with van der Waals surface area (Å²) in [6, 6.07) is -0.269. The van der Waals surface area contributed by atoms with Crippen molar-refractivity contribution in [3.8, 4) is 0 Å². The van der Waals surface area contributed by atoms with E-state index in [4.69, 9.17) is 9.25 Å². The molecule has 6 heteroatoms. The fourth-order valence-electron chi connectivity index (χ4n) is 1.68. The highest BCUT2D eigenvalue weighted by Crippen LogP contribution is 2.18. The second-order valence-corrected chi connectivity index (χ2v) is 3.78. The lowest BCUT2D eigenvalue weighted by Gasteiger charge is -2.26. The van der Waals surface area contributed by atoms with Gasteiger partial charge in [0.15, 0.2) is 0 Å². The molecule has 0 aliphatic carbocycles. The van der Waals surface area contributed by atoms with Crippen LogP contribution in [0.25, 0.3) is 5.57 Å². The van der Waals surface area contributed by atoms with Gasteiger partial charge in [0.05, 0.1) is 19.3 Å². The normalized spacial score (nSPS) is 15.1. The number of rotatable bonds is 4. The number of hydrogen-bond acceptors (Lipinski definition) is 4. The molecular formula is C12H15N3O3. The molecule has 0 saturated carbocycles. The van der Waals surface area contributed by atoms with E-state index in [2.05, 4.69) is 17.0 Å². The second kappa shape index (κ2) is 6.02. The number of urea groups is 1. The van der Waals surface area contributed by atoms with E-state index in [1.165, 1.54) is 6.26 Å². The van der Waals surface area contributed by atoms with Crippen molar-refractivity contribution in [2.75, 3.05) is 19.7 Å². The molecule has 96 valence electrons. The minimum absolute atomic E-state index is 0.269. The molecule has 0 bridgehead atoms. The van der Waals surface area contributed by atoms with Crippen LogP contribution in [-0.2, 0) is 4.84 Å². The Hall–Kier alpha value is -2.08. The van der Waals surface area contributed by atoms with E-state index in [-0.39, 0.29) is 12.6 Å². The maximum absolute atomic E-state index is 11.8. The molecule has 1 aliphatic rings. The lowest BCUT2D eigenvalue weighted by molar-refractivity contribution is 0.0666. The Balaban J connectivity index is 1.91. The average Bonchev–Trinajstić information content (AvgIpc) is 2.93. The van der Waals surface area contributed by atoms with Crippen LogP contribution < -0.4 is 5.48 Å². The molecule has 1 aliphatic heterocycles. The Morgan fingerprint density at radius 1 is 1.72 bits per heavy atom. The van der Waals surface area contributed by atoms with E-state index in [0.717, 1.165) is 12.0 Å². The number of nitrogens with zero attached hydrogens (tertiary/aromatic N) is 2. The van der Waals surface area contributed by atoms with Gasteiger partial charge in [-0.2, -0.15) is 0 Å². The summed E-state index contributed by atoms with van der Waals surface area (Å²) in [4.78, 5) is 22.4. The largest absolute Gasteiger partial charge is 0.445 e. The smallest absolute Gasteiger partial charge is 0.341 e. The molecule has 0 spiro atoms. The number of carbonyl (C=O) groups excluding carboxylic acids is 1. The third-order valence-electron chi connectivity index (χ3n) is 2.51. The molecule has 0 aromatic carbocycles. The van der Waals surface area contributed by atoms with Crippen LogP contribution in [-0.4, -0.2) is 35.6 Å². The van der Waals surface area contributed by atoms with Crippen LogP contribution in [0.5, 0.6) is 0 Å². The van der Waals surface area contributed by atoms with Crippen LogP contribution in [0.15, 0.2) is 35.6 Å². The zero-order valence-corrected chi connectivity index (χ0v) is 9.96. The van der Waals surface area contributed by atoms with Crippen LogP contribution >= 0.6 is 0 Å². The first kappa shape index (κ1) is 12.4. The summed E-state index contributed by atoms with van der Waals surface area (Å²) in [5.41, 5.74) is 3.26. The highest BCUT2D eigenvalue weighted by Gasteiger charge is 2.20. The molecule has 0 fully saturated rings. The van der Waals surface area contributed by atoms with E-state index in [1.807, 2.05) is 6.08 Å². The van der Waals surface area contributed by atoms with Crippen LogP contribution in [0.1, 0.15) is 12.3 Å². The highest BCUT2D eigenvalue weighted by molar-refractivity contribution is 5.76. The van der Waals surface area contributed by atoms with E-state index in [0.29, 0.717) is 19.0 Å². The maximum atomic E-state index is 11.8. The number of aromatic nitrogens is 1. The Kier molecular flexibility index (Phi) is 4.14. The first-order chi connectivity index (χ1) is 8.81. The van der Waals surface area contributed by atoms with Crippen LogP contribution in [0.3, 0.4) is 0 Å². The van der Waals surface area contributed by atoms with Gasteiger partial charge in [-0.1, -0.05) is 12.2 Å². The van der Waals surface area contributed by atoms with Gasteiger partial charge in [0.25, 0.3) is 0 Å². The quantitative estimate of drug-likeness (QED) is 0.500. The van der Waals surface area contributed by atoms with E-state index < -0.39 is 0 Å². The first-order valence-electron chi connectivity index (χ1n) is 5.67. The number of oxazole rings is 1. The lowest BCUT2D eigenvalue weighted by atomic mass is 10.1. The van der Waals surface area contributed by atoms with Crippen LogP contribution in [0.4, 0.5) is 4.79 Å². The molecule has 6 nitrogen and oxygen atoms in total. The molecule has 1 aromatic rings. The van der Waals surface area contributed by atoms with Crippen molar-refractivity contribution >= 4 is 11.6 Å². The predicted octanol–water partition coefficient (Wildman–Crippen LogP) is 1.59.